The van der Waals surface area contributed by atoms with Crippen molar-refractivity contribution in [1.29, 1.82) is 0 Å². The molecule has 1 amide bonds. The molecule has 0 fully saturated rings. The van der Waals surface area contributed by atoms with Gasteiger partial charge in [0, 0.05) is 13.1 Å². The quantitative estimate of drug-likeness (QED) is 0.533. The number of benzene rings is 2. The zero-order chi connectivity index (χ0) is 21.0. The van der Waals surface area contributed by atoms with E-state index in [4.69, 9.17) is 14.2 Å². The number of thiazole rings is 1. The predicted molar refractivity (Wildman–Crippen MR) is 116 cm³/mol. The van der Waals surface area contributed by atoms with Gasteiger partial charge in [0.15, 0.2) is 11.5 Å². The fraction of sp³-hybridized carbons (Fsp3) is 0.273. The summed E-state index contributed by atoms with van der Waals surface area (Å²) in [6.45, 7) is 1.98. The van der Waals surface area contributed by atoms with Gasteiger partial charge in [-0.25, -0.2) is 4.98 Å². The van der Waals surface area contributed by atoms with Gasteiger partial charge >= 0.3 is 0 Å². The zero-order valence-electron chi connectivity index (χ0n) is 17.1. The second kappa shape index (κ2) is 8.96. The molecule has 152 valence electrons. The number of fused-ring (bicyclic) bond motifs is 1. The molecular formula is C22H24N2O4S. The lowest BCUT2D eigenvalue weighted by atomic mass is 10.1. The molecule has 0 aliphatic heterocycles. The van der Waals surface area contributed by atoms with Gasteiger partial charge in [0.25, 0.3) is 0 Å². The maximum absolute atomic E-state index is 12.7. The normalized spacial score (nSPS) is 12.2. The van der Waals surface area contributed by atoms with E-state index in [9.17, 15) is 4.79 Å². The maximum atomic E-state index is 12.7. The van der Waals surface area contributed by atoms with Crippen molar-refractivity contribution in [1.82, 2.24) is 9.88 Å². The number of para-hydroxylation sites is 1. The lowest BCUT2D eigenvalue weighted by Crippen LogP contribution is -2.27. The van der Waals surface area contributed by atoms with E-state index in [2.05, 4.69) is 4.98 Å². The molecule has 6 nitrogen and oxygen atoms in total. The molecule has 1 atom stereocenters. The van der Waals surface area contributed by atoms with E-state index in [1.165, 1.54) is 6.08 Å². The third-order valence-corrected chi connectivity index (χ3v) is 5.91. The number of hydrogen-bond acceptors (Lipinski definition) is 6. The Morgan fingerprint density at radius 2 is 1.76 bits per heavy atom. The van der Waals surface area contributed by atoms with Gasteiger partial charge in [0.2, 0.25) is 11.7 Å². The first-order chi connectivity index (χ1) is 14.0. The van der Waals surface area contributed by atoms with Crippen LogP contribution in [0.5, 0.6) is 17.2 Å². The van der Waals surface area contributed by atoms with Crippen LogP contribution in [-0.4, -0.2) is 44.2 Å². The molecule has 3 aromatic rings. The van der Waals surface area contributed by atoms with E-state index in [0.717, 1.165) is 20.8 Å². The van der Waals surface area contributed by atoms with Crippen molar-refractivity contribution in [2.75, 3.05) is 28.4 Å². The number of nitrogens with zero attached hydrogens (tertiary/aromatic N) is 2. The van der Waals surface area contributed by atoms with Gasteiger partial charge < -0.3 is 19.1 Å². The molecule has 0 aliphatic carbocycles. The summed E-state index contributed by atoms with van der Waals surface area (Å²) in [5.41, 5.74) is 1.72. The number of rotatable bonds is 7. The smallest absolute Gasteiger partial charge is 0.246 e. The number of carbonyl (C=O) groups is 1. The van der Waals surface area contributed by atoms with Crippen molar-refractivity contribution >= 4 is 33.5 Å². The van der Waals surface area contributed by atoms with Crippen molar-refractivity contribution in [3.05, 3.63) is 53.0 Å². The minimum absolute atomic E-state index is 0.120. The molecule has 2 aromatic carbocycles. The molecule has 0 unspecified atom stereocenters. The standard InChI is InChI=1S/C22H24N2O4S/c1-14(22-23-16-8-6-7-9-19(16)29-22)24(2)20(25)11-10-15-12-17(26-3)21(28-5)18(13-15)27-4/h6-14H,1-5H3/b11-10+/t14-/m1/s1. The maximum Gasteiger partial charge on any atom is 0.246 e. The van der Waals surface area contributed by atoms with Gasteiger partial charge in [-0.1, -0.05) is 12.1 Å². The Morgan fingerprint density at radius 3 is 2.34 bits per heavy atom. The molecule has 7 heteroatoms. The van der Waals surface area contributed by atoms with E-state index in [-0.39, 0.29) is 11.9 Å². The summed E-state index contributed by atoms with van der Waals surface area (Å²) in [6.07, 6.45) is 3.26. The van der Waals surface area contributed by atoms with Crippen molar-refractivity contribution in [2.24, 2.45) is 0 Å². The molecule has 0 spiro atoms. The topological polar surface area (TPSA) is 60.9 Å². The minimum atomic E-state index is -0.135. The highest BCUT2D eigenvalue weighted by molar-refractivity contribution is 7.18. The van der Waals surface area contributed by atoms with Crippen LogP contribution in [-0.2, 0) is 4.79 Å². The second-order valence-electron chi connectivity index (χ2n) is 6.44. The summed E-state index contributed by atoms with van der Waals surface area (Å²) >= 11 is 1.60. The van der Waals surface area contributed by atoms with Crippen LogP contribution in [0.25, 0.3) is 16.3 Å². The highest BCUT2D eigenvalue weighted by Crippen LogP contribution is 2.38. The summed E-state index contributed by atoms with van der Waals surface area (Å²) in [7, 11) is 6.45. The Balaban J connectivity index is 1.79. The molecular weight excluding hydrogens is 388 g/mol. The SMILES string of the molecule is COc1cc(/C=C/C(=O)N(C)[C@H](C)c2nc3ccccc3s2)cc(OC)c1OC. The monoisotopic (exact) mass is 412 g/mol. The van der Waals surface area contributed by atoms with Crippen LogP contribution in [0.2, 0.25) is 0 Å². The van der Waals surface area contributed by atoms with Gasteiger partial charge in [-0.15, -0.1) is 11.3 Å². The zero-order valence-corrected chi connectivity index (χ0v) is 17.9. The summed E-state index contributed by atoms with van der Waals surface area (Å²) in [5.74, 6) is 1.47. The molecule has 0 bridgehead atoms. The lowest BCUT2D eigenvalue weighted by molar-refractivity contribution is -0.126. The van der Waals surface area contributed by atoms with Crippen molar-refractivity contribution in [2.45, 2.75) is 13.0 Å². The number of ether oxygens (including phenoxy) is 3. The van der Waals surface area contributed by atoms with E-state index < -0.39 is 0 Å². The van der Waals surface area contributed by atoms with Crippen LogP contribution in [0.1, 0.15) is 23.5 Å². The summed E-state index contributed by atoms with van der Waals surface area (Å²) in [5, 5.41) is 0.906. The van der Waals surface area contributed by atoms with Crippen LogP contribution in [0.3, 0.4) is 0 Å². The van der Waals surface area contributed by atoms with Gasteiger partial charge in [0.1, 0.15) is 5.01 Å². The van der Waals surface area contributed by atoms with E-state index in [0.29, 0.717) is 17.2 Å². The van der Waals surface area contributed by atoms with Crippen LogP contribution in [0.15, 0.2) is 42.5 Å². The molecule has 3 rings (SSSR count). The third kappa shape index (κ3) is 4.35. The molecule has 0 N–H and O–H groups in total. The van der Waals surface area contributed by atoms with Crippen LogP contribution in [0.4, 0.5) is 0 Å². The number of amides is 1. The highest BCUT2D eigenvalue weighted by Gasteiger charge is 2.19. The Bertz CT molecular complexity index is 986. The second-order valence-corrected chi connectivity index (χ2v) is 7.50. The minimum Gasteiger partial charge on any atom is -0.493 e. The van der Waals surface area contributed by atoms with Crippen molar-refractivity contribution < 1.29 is 19.0 Å². The molecule has 0 saturated heterocycles. The average molecular weight is 413 g/mol. The van der Waals surface area contributed by atoms with E-state index in [1.807, 2.05) is 31.2 Å². The molecule has 1 aromatic heterocycles. The molecule has 29 heavy (non-hydrogen) atoms. The van der Waals surface area contributed by atoms with Crippen molar-refractivity contribution in [3.63, 3.8) is 0 Å². The summed E-state index contributed by atoms with van der Waals surface area (Å²) in [4.78, 5) is 19.0. The molecule has 0 saturated carbocycles. The van der Waals surface area contributed by atoms with Crippen molar-refractivity contribution in [3.8, 4) is 17.2 Å². The predicted octanol–water partition coefficient (Wildman–Crippen LogP) is 4.55. The van der Waals surface area contributed by atoms with Crippen LogP contribution < -0.4 is 14.2 Å². The Kier molecular flexibility index (Phi) is 6.39. The largest absolute Gasteiger partial charge is 0.493 e. The molecule has 0 aliphatic rings. The average Bonchev–Trinajstić information content (AvgIpc) is 3.19. The van der Waals surface area contributed by atoms with Gasteiger partial charge in [0.05, 0.1) is 37.6 Å². The highest BCUT2D eigenvalue weighted by atomic mass is 32.1. The fourth-order valence-electron chi connectivity index (χ4n) is 2.91. The number of hydrogen-bond donors (Lipinski definition) is 0. The summed E-state index contributed by atoms with van der Waals surface area (Å²) < 4.78 is 17.2. The lowest BCUT2D eigenvalue weighted by Gasteiger charge is -2.21. The van der Waals surface area contributed by atoms with Gasteiger partial charge in [-0.05, 0) is 42.8 Å². The number of likely N-dealkylation sites (N-methyl/N-ethyl adjacent to an activating group) is 1. The third-order valence-electron chi connectivity index (χ3n) is 4.70. The Hall–Kier alpha value is -3.06. The van der Waals surface area contributed by atoms with E-state index >= 15 is 0 Å². The summed E-state index contributed by atoms with van der Waals surface area (Å²) in [6, 6.07) is 11.4. The van der Waals surface area contributed by atoms with Gasteiger partial charge in [-0.2, -0.15) is 0 Å². The first-order valence-corrected chi connectivity index (χ1v) is 9.90. The molecule has 0 radical (unpaired) electrons. The number of aromatic nitrogens is 1. The Morgan fingerprint density at radius 1 is 1.10 bits per heavy atom. The number of carbonyl (C=O) groups excluding carboxylic acids is 1. The van der Waals surface area contributed by atoms with E-state index in [1.54, 1.807) is 62.8 Å². The Labute approximate surface area is 174 Å². The number of methoxy groups -OCH3 is 3. The van der Waals surface area contributed by atoms with Gasteiger partial charge in [-0.3, -0.25) is 4.79 Å². The van der Waals surface area contributed by atoms with Crippen LogP contribution >= 0.6 is 11.3 Å². The first kappa shape index (κ1) is 20.7. The van der Waals surface area contributed by atoms with Crippen LogP contribution in [0, 0.1) is 0 Å². The molecule has 1 heterocycles. The first-order valence-electron chi connectivity index (χ1n) is 9.08. The fourth-order valence-corrected chi connectivity index (χ4v) is 3.97.